The lowest BCUT2D eigenvalue weighted by Crippen LogP contribution is -2.48. The number of hydrogen-bond donors (Lipinski definition) is 1. The molecule has 0 spiro atoms. The van der Waals surface area contributed by atoms with E-state index in [4.69, 9.17) is 0 Å². The minimum Gasteiger partial charge on any atom is -0.354 e. The van der Waals surface area contributed by atoms with Gasteiger partial charge in [0.15, 0.2) is 0 Å². The van der Waals surface area contributed by atoms with Crippen molar-refractivity contribution in [1.29, 1.82) is 0 Å². The van der Waals surface area contributed by atoms with Gasteiger partial charge in [-0.15, -0.1) is 0 Å². The molecule has 0 heterocycles. The second-order valence-corrected chi connectivity index (χ2v) is 11.5. The molecule has 2 aromatic carbocycles. The van der Waals surface area contributed by atoms with Crippen molar-refractivity contribution in [3.8, 4) is 0 Å². The summed E-state index contributed by atoms with van der Waals surface area (Å²) in [6, 6.07) is 14.5. The van der Waals surface area contributed by atoms with Crippen LogP contribution in [0, 0.1) is 19.8 Å². The van der Waals surface area contributed by atoms with Crippen LogP contribution in [-0.4, -0.2) is 50.5 Å². The minimum absolute atomic E-state index is 0.130. The van der Waals surface area contributed by atoms with Gasteiger partial charge in [0.2, 0.25) is 21.8 Å². The minimum atomic E-state index is -3.51. The lowest BCUT2D eigenvalue weighted by Gasteiger charge is -2.29. The molecule has 2 aromatic rings. The quantitative estimate of drug-likeness (QED) is 0.476. The van der Waals surface area contributed by atoms with E-state index in [1.165, 1.54) is 10.6 Å². The van der Waals surface area contributed by atoms with Crippen LogP contribution in [-0.2, 0) is 26.2 Å². The Morgan fingerprint density at radius 1 is 0.971 bits per heavy atom. The molecule has 0 fully saturated rings. The number of aryl methyl sites for hydroxylation is 2. The third kappa shape index (κ3) is 9.02. The van der Waals surface area contributed by atoms with E-state index in [0.29, 0.717) is 31.1 Å². The second kappa shape index (κ2) is 12.7. The highest BCUT2D eigenvalue weighted by atomic mass is 32.2. The average Bonchev–Trinajstić information content (AvgIpc) is 2.78. The molecule has 0 aliphatic heterocycles. The molecular weight excluding hydrogens is 462 g/mol. The van der Waals surface area contributed by atoms with Crippen molar-refractivity contribution in [3.05, 3.63) is 65.2 Å². The van der Waals surface area contributed by atoms with Gasteiger partial charge in [0.1, 0.15) is 6.04 Å². The molecule has 0 saturated heterocycles. The van der Waals surface area contributed by atoms with Crippen LogP contribution in [0.25, 0.3) is 0 Å². The third-order valence-corrected chi connectivity index (χ3v) is 6.96. The Morgan fingerprint density at radius 3 is 2.20 bits per heavy atom. The number of sulfonamides is 1. The molecule has 0 saturated carbocycles. The maximum absolute atomic E-state index is 13.3. The van der Waals surface area contributed by atoms with Crippen molar-refractivity contribution in [2.75, 3.05) is 23.7 Å². The Labute approximate surface area is 210 Å². The number of anilines is 1. The first-order valence-corrected chi connectivity index (χ1v) is 13.9. The molecule has 0 aliphatic carbocycles. The van der Waals surface area contributed by atoms with Gasteiger partial charge in [0.25, 0.3) is 0 Å². The van der Waals surface area contributed by atoms with Gasteiger partial charge in [-0.25, -0.2) is 8.42 Å². The molecule has 0 bridgehead atoms. The standard InChI is InChI=1S/C27H39N3O4S/c1-20(2)18-28-27(32)23(5)29(19-24-14-12-21(3)13-15-24)26(31)11-8-16-30(35(6,33)34)25-10-7-9-22(4)17-25/h7,9-10,12-15,17,20,23H,8,11,16,18-19H2,1-6H3,(H,28,32)/t23-/m0/s1. The first kappa shape index (κ1) is 28.4. The summed E-state index contributed by atoms with van der Waals surface area (Å²) < 4.78 is 26.2. The number of nitrogens with one attached hydrogen (secondary N) is 1. The molecule has 192 valence electrons. The zero-order valence-electron chi connectivity index (χ0n) is 21.7. The normalized spacial score (nSPS) is 12.3. The van der Waals surface area contributed by atoms with Gasteiger partial charge in [-0.1, -0.05) is 55.8 Å². The van der Waals surface area contributed by atoms with Crippen LogP contribution in [0.3, 0.4) is 0 Å². The van der Waals surface area contributed by atoms with E-state index in [9.17, 15) is 18.0 Å². The molecule has 2 amide bonds. The van der Waals surface area contributed by atoms with Crippen molar-refractivity contribution >= 4 is 27.5 Å². The molecule has 0 aliphatic rings. The Hall–Kier alpha value is -2.87. The number of hydrogen-bond acceptors (Lipinski definition) is 4. The van der Waals surface area contributed by atoms with E-state index in [2.05, 4.69) is 5.32 Å². The van der Waals surface area contributed by atoms with Crippen LogP contribution in [0.1, 0.15) is 50.3 Å². The van der Waals surface area contributed by atoms with E-state index >= 15 is 0 Å². The van der Waals surface area contributed by atoms with Gasteiger partial charge < -0.3 is 10.2 Å². The number of carbonyl (C=O) groups is 2. The number of rotatable bonds is 12. The predicted octanol–water partition coefficient (Wildman–Crippen LogP) is 4.04. The van der Waals surface area contributed by atoms with E-state index < -0.39 is 16.1 Å². The zero-order valence-corrected chi connectivity index (χ0v) is 22.6. The van der Waals surface area contributed by atoms with Gasteiger partial charge in [0.05, 0.1) is 11.9 Å². The largest absolute Gasteiger partial charge is 0.354 e. The Balaban J connectivity index is 2.15. The first-order chi connectivity index (χ1) is 16.4. The van der Waals surface area contributed by atoms with Crippen LogP contribution < -0.4 is 9.62 Å². The molecule has 0 radical (unpaired) electrons. The van der Waals surface area contributed by atoms with Crippen LogP contribution in [0.2, 0.25) is 0 Å². The summed E-state index contributed by atoms with van der Waals surface area (Å²) in [5.74, 6) is -0.0804. The van der Waals surface area contributed by atoms with Crippen molar-refractivity contribution in [2.45, 2.75) is 60.0 Å². The number of benzene rings is 2. The van der Waals surface area contributed by atoms with E-state index in [-0.39, 0.29) is 24.8 Å². The topological polar surface area (TPSA) is 86.8 Å². The monoisotopic (exact) mass is 501 g/mol. The molecule has 7 nitrogen and oxygen atoms in total. The number of nitrogens with zero attached hydrogens (tertiary/aromatic N) is 2. The number of carbonyl (C=O) groups excluding carboxylic acids is 2. The maximum Gasteiger partial charge on any atom is 0.242 e. The second-order valence-electron chi connectivity index (χ2n) is 9.60. The smallest absolute Gasteiger partial charge is 0.242 e. The van der Waals surface area contributed by atoms with Gasteiger partial charge in [-0.05, 0) is 56.4 Å². The zero-order chi connectivity index (χ0) is 26.2. The fraction of sp³-hybridized carbons (Fsp3) is 0.481. The Morgan fingerprint density at radius 2 is 1.63 bits per heavy atom. The van der Waals surface area contributed by atoms with Gasteiger partial charge in [0, 0.05) is 26.1 Å². The molecule has 8 heteroatoms. The molecule has 0 unspecified atom stereocenters. The maximum atomic E-state index is 13.3. The molecule has 1 atom stereocenters. The summed E-state index contributed by atoms with van der Waals surface area (Å²) in [7, 11) is -3.51. The van der Waals surface area contributed by atoms with Crippen LogP contribution in [0.15, 0.2) is 48.5 Å². The highest BCUT2D eigenvalue weighted by Crippen LogP contribution is 2.20. The molecule has 2 rings (SSSR count). The lowest BCUT2D eigenvalue weighted by atomic mass is 10.1. The van der Waals surface area contributed by atoms with Crippen molar-refractivity contribution in [2.24, 2.45) is 5.92 Å². The van der Waals surface area contributed by atoms with Crippen molar-refractivity contribution in [3.63, 3.8) is 0 Å². The summed E-state index contributed by atoms with van der Waals surface area (Å²) in [6.45, 7) is 10.7. The summed E-state index contributed by atoms with van der Waals surface area (Å²) in [6.07, 6.45) is 1.64. The summed E-state index contributed by atoms with van der Waals surface area (Å²) >= 11 is 0. The molecular formula is C27H39N3O4S. The average molecular weight is 502 g/mol. The third-order valence-electron chi connectivity index (χ3n) is 5.77. The summed E-state index contributed by atoms with van der Waals surface area (Å²) in [5, 5.41) is 2.91. The van der Waals surface area contributed by atoms with Crippen LogP contribution in [0.5, 0.6) is 0 Å². The molecule has 1 N–H and O–H groups in total. The fourth-order valence-corrected chi connectivity index (χ4v) is 4.67. The Bertz CT molecular complexity index is 1100. The summed E-state index contributed by atoms with van der Waals surface area (Å²) in [4.78, 5) is 27.7. The molecule has 35 heavy (non-hydrogen) atoms. The van der Waals surface area contributed by atoms with E-state index in [1.807, 2.05) is 70.2 Å². The van der Waals surface area contributed by atoms with Crippen LogP contribution >= 0.6 is 0 Å². The van der Waals surface area contributed by atoms with Crippen molar-refractivity contribution < 1.29 is 18.0 Å². The first-order valence-electron chi connectivity index (χ1n) is 12.1. The highest BCUT2D eigenvalue weighted by molar-refractivity contribution is 7.92. The predicted molar refractivity (Wildman–Crippen MR) is 142 cm³/mol. The number of amides is 2. The van der Waals surface area contributed by atoms with Crippen LogP contribution in [0.4, 0.5) is 5.69 Å². The van der Waals surface area contributed by atoms with E-state index in [0.717, 1.165) is 16.7 Å². The highest BCUT2D eigenvalue weighted by Gasteiger charge is 2.26. The SMILES string of the molecule is Cc1ccc(CN(C(=O)CCCN(c2cccc(C)c2)S(C)(=O)=O)[C@@H](C)C(=O)NCC(C)C)cc1. The van der Waals surface area contributed by atoms with Crippen molar-refractivity contribution in [1.82, 2.24) is 10.2 Å². The van der Waals surface area contributed by atoms with E-state index in [1.54, 1.807) is 17.9 Å². The fourth-order valence-electron chi connectivity index (χ4n) is 3.71. The van der Waals surface area contributed by atoms with Gasteiger partial charge in [-0.2, -0.15) is 0 Å². The molecule has 0 aromatic heterocycles. The Kier molecular flexibility index (Phi) is 10.3. The summed E-state index contributed by atoms with van der Waals surface area (Å²) in [5.41, 5.74) is 3.59. The van der Waals surface area contributed by atoms with Gasteiger partial charge in [-0.3, -0.25) is 13.9 Å². The lowest BCUT2D eigenvalue weighted by molar-refractivity contribution is -0.140. The van der Waals surface area contributed by atoms with Gasteiger partial charge >= 0.3 is 0 Å².